The number of benzene rings is 1. The van der Waals surface area contributed by atoms with E-state index in [0.717, 1.165) is 0 Å². The zero-order valence-electron chi connectivity index (χ0n) is 19.0. The Morgan fingerprint density at radius 2 is 1.82 bits per heavy atom. The molecule has 1 aromatic carbocycles. The Morgan fingerprint density at radius 1 is 1.15 bits per heavy atom. The predicted octanol–water partition coefficient (Wildman–Crippen LogP) is 4.87. The summed E-state index contributed by atoms with van der Waals surface area (Å²) in [5, 5.41) is 8.85. The van der Waals surface area contributed by atoms with Crippen molar-refractivity contribution in [3.05, 3.63) is 23.3 Å². The summed E-state index contributed by atoms with van der Waals surface area (Å²) in [5.41, 5.74) is 2.08. The Balaban J connectivity index is 1.98. The second kappa shape index (κ2) is 10.1. The first-order valence-electron chi connectivity index (χ1n) is 10.5. The van der Waals surface area contributed by atoms with Crippen molar-refractivity contribution in [3.8, 4) is 29.1 Å². The van der Waals surface area contributed by atoms with Gasteiger partial charge in [-0.3, -0.25) is 0 Å². The maximum atomic E-state index is 12.7. The van der Waals surface area contributed by atoms with Crippen LogP contribution in [0, 0.1) is 13.8 Å². The van der Waals surface area contributed by atoms with Gasteiger partial charge in [-0.25, -0.2) is 9.78 Å². The summed E-state index contributed by atoms with van der Waals surface area (Å²) < 4.78 is 60.0. The van der Waals surface area contributed by atoms with Crippen molar-refractivity contribution in [2.45, 2.75) is 52.8 Å². The first-order chi connectivity index (χ1) is 16.0. The molecule has 3 aromatic rings. The average Bonchev–Trinajstić information content (AvgIpc) is 3.14. The molecule has 0 aliphatic heterocycles. The van der Waals surface area contributed by atoms with E-state index in [4.69, 9.17) is 23.7 Å². The molecule has 0 aliphatic carbocycles. The number of nitrogens with zero attached hydrogens (tertiary/aromatic N) is 3. The standard InChI is InChI=1S/C22H24F3N3O6/c1-5-6-31-19-16-20(28-21(27-19)33-13(4)9-22(23,24)25)34-18(26-16)14-7-11(2)17(12(3)8-14)32-10-15(29)30/h7-8,13H,5-6,9-10H2,1-4H3,(H,29,30). The molecule has 0 spiro atoms. The van der Waals surface area contributed by atoms with Gasteiger partial charge in [0.05, 0.1) is 13.0 Å². The summed E-state index contributed by atoms with van der Waals surface area (Å²) in [6.07, 6.45) is -6.13. The molecule has 12 heteroatoms. The molecule has 1 N–H and O–H groups in total. The number of aromatic nitrogens is 3. The van der Waals surface area contributed by atoms with Gasteiger partial charge in [0.15, 0.2) is 12.1 Å². The van der Waals surface area contributed by atoms with Crippen LogP contribution >= 0.6 is 0 Å². The van der Waals surface area contributed by atoms with Gasteiger partial charge in [0.1, 0.15) is 11.9 Å². The fourth-order valence-corrected chi connectivity index (χ4v) is 3.24. The molecule has 2 aromatic heterocycles. The van der Waals surface area contributed by atoms with Gasteiger partial charge in [0, 0.05) is 5.56 Å². The number of carboxylic acid groups (broad SMARTS) is 1. The van der Waals surface area contributed by atoms with Gasteiger partial charge in [0.2, 0.25) is 5.89 Å². The summed E-state index contributed by atoms with van der Waals surface area (Å²) in [6.45, 7) is 6.46. The molecule has 9 nitrogen and oxygen atoms in total. The highest BCUT2D eigenvalue weighted by Crippen LogP contribution is 2.34. The third kappa shape index (κ3) is 6.27. The molecular weight excluding hydrogens is 459 g/mol. The second-order valence-corrected chi connectivity index (χ2v) is 7.70. The van der Waals surface area contributed by atoms with Crippen LogP contribution in [0.5, 0.6) is 17.6 Å². The molecule has 0 bridgehead atoms. The van der Waals surface area contributed by atoms with E-state index < -0.39 is 31.3 Å². The van der Waals surface area contributed by atoms with Crippen molar-refractivity contribution in [3.63, 3.8) is 0 Å². The fraction of sp³-hybridized carbons (Fsp3) is 0.455. The lowest BCUT2D eigenvalue weighted by molar-refractivity contribution is -0.149. The highest BCUT2D eigenvalue weighted by atomic mass is 19.4. The number of carbonyl (C=O) groups is 1. The van der Waals surface area contributed by atoms with Crippen LogP contribution in [0.1, 0.15) is 37.8 Å². The molecule has 1 unspecified atom stereocenters. The summed E-state index contributed by atoms with van der Waals surface area (Å²) >= 11 is 0. The number of hydrogen-bond donors (Lipinski definition) is 1. The van der Waals surface area contributed by atoms with Gasteiger partial charge < -0.3 is 23.7 Å². The highest BCUT2D eigenvalue weighted by molar-refractivity contribution is 5.78. The first kappa shape index (κ1) is 25.1. The first-order valence-corrected chi connectivity index (χ1v) is 10.5. The van der Waals surface area contributed by atoms with Gasteiger partial charge in [-0.2, -0.15) is 23.1 Å². The smallest absolute Gasteiger partial charge is 0.392 e. The third-order valence-corrected chi connectivity index (χ3v) is 4.52. The molecule has 0 radical (unpaired) electrons. The van der Waals surface area contributed by atoms with Gasteiger partial charge >= 0.3 is 18.2 Å². The fourth-order valence-electron chi connectivity index (χ4n) is 3.24. The Labute approximate surface area is 192 Å². The van der Waals surface area contributed by atoms with Gasteiger partial charge in [-0.1, -0.05) is 6.92 Å². The maximum Gasteiger partial charge on any atom is 0.392 e. The number of halogens is 3. The second-order valence-electron chi connectivity index (χ2n) is 7.70. The van der Waals surface area contributed by atoms with Crippen molar-refractivity contribution in [2.24, 2.45) is 0 Å². The van der Waals surface area contributed by atoms with Crippen molar-refractivity contribution >= 4 is 17.2 Å². The SMILES string of the molecule is CCCOc1nc(OC(C)CC(F)(F)F)nc2oc(-c3cc(C)c(OCC(=O)O)c(C)c3)nc12. The van der Waals surface area contributed by atoms with Crippen molar-refractivity contribution < 1.29 is 41.7 Å². The minimum absolute atomic E-state index is 0.00757. The van der Waals surface area contributed by atoms with Gasteiger partial charge in [-0.05, 0) is 50.5 Å². The van der Waals surface area contributed by atoms with Gasteiger partial charge in [0.25, 0.3) is 11.6 Å². The minimum atomic E-state index is -4.40. The molecule has 1 atom stereocenters. The lowest BCUT2D eigenvalue weighted by Crippen LogP contribution is -2.22. The monoisotopic (exact) mass is 483 g/mol. The van der Waals surface area contributed by atoms with Crippen LogP contribution in [0.25, 0.3) is 22.7 Å². The number of fused-ring (bicyclic) bond motifs is 1. The number of hydrogen-bond acceptors (Lipinski definition) is 8. The summed E-state index contributed by atoms with van der Waals surface area (Å²) in [7, 11) is 0. The molecule has 0 saturated heterocycles. The van der Waals surface area contributed by atoms with Crippen LogP contribution in [0.15, 0.2) is 16.5 Å². The van der Waals surface area contributed by atoms with Crippen molar-refractivity contribution in [1.29, 1.82) is 0 Å². The van der Waals surface area contributed by atoms with E-state index in [9.17, 15) is 18.0 Å². The topological polar surface area (TPSA) is 117 Å². The van der Waals surface area contributed by atoms with E-state index in [0.29, 0.717) is 35.5 Å². The lowest BCUT2D eigenvalue weighted by Gasteiger charge is -2.15. The molecule has 0 aliphatic rings. The van der Waals surface area contributed by atoms with E-state index in [1.807, 2.05) is 6.92 Å². The van der Waals surface area contributed by atoms with E-state index in [1.165, 1.54) is 6.92 Å². The average molecular weight is 483 g/mol. The zero-order chi connectivity index (χ0) is 25.0. The number of oxazole rings is 1. The van der Waals surface area contributed by atoms with E-state index in [1.54, 1.807) is 26.0 Å². The van der Waals surface area contributed by atoms with Crippen molar-refractivity contribution in [1.82, 2.24) is 15.0 Å². The minimum Gasteiger partial charge on any atom is -0.481 e. The van der Waals surface area contributed by atoms with Crippen LogP contribution in [-0.2, 0) is 4.79 Å². The highest BCUT2D eigenvalue weighted by Gasteiger charge is 2.31. The van der Waals surface area contributed by atoms with Crippen LogP contribution in [0.2, 0.25) is 0 Å². The summed E-state index contributed by atoms with van der Waals surface area (Å²) in [5.74, 6) is -0.459. The zero-order valence-corrected chi connectivity index (χ0v) is 19.0. The predicted molar refractivity (Wildman–Crippen MR) is 114 cm³/mol. The number of carboxylic acids is 1. The normalized spacial score (nSPS) is 12.6. The quantitative estimate of drug-likeness (QED) is 0.431. The summed E-state index contributed by atoms with van der Waals surface area (Å²) in [6, 6.07) is 3.10. The number of rotatable bonds is 10. The Bertz CT molecular complexity index is 1160. The van der Waals surface area contributed by atoms with E-state index in [2.05, 4.69) is 15.0 Å². The van der Waals surface area contributed by atoms with Crippen LogP contribution < -0.4 is 14.2 Å². The number of aryl methyl sites for hydroxylation is 2. The van der Waals surface area contributed by atoms with Crippen LogP contribution in [-0.4, -0.2) is 51.5 Å². The largest absolute Gasteiger partial charge is 0.481 e. The molecular formula is C22H24F3N3O6. The third-order valence-electron chi connectivity index (χ3n) is 4.52. The van der Waals surface area contributed by atoms with Crippen molar-refractivity contribution in [2.75, 3.05) is 13.2 Å². The number of aliphatic carboxylic acids is 1. The Kier molecular flexibility index (Phi) is 7.48. The molecule has 0 saturated carbocycles. The van der Waals surface area contributed by atoms with Crippen LogP contribution in [0.4, 0.5) is 13.2 Å². The van der Waals surface area contributed by atoms with E-state index in [-0.39, 0.29) is 29.0 Å². The molecule has 2 heterocycles. The molecule has 0 amide bonds. The Morgan fingerprint density at radius 3 is 2.41 bits per heavy atom. The van der Waals surface area contributed by atoms with Gasteiger partial charge in [-0.15, -0.1) is 0 Å². The molecule has 3 rings (SSSR count). The molecule has 0 fully saturated rings. The number of alkyl halides is 3. The summed E-state index contributed by atoms with van der Waals surface area (Å²) in [4.78, 5) is 23.4. The Hall–Kier alpha value is -3.57. The van der Waals surface area contributed by atoms with E-state index >= 15 is 0 Å². The molecule has 34 heavy (non-hydrogen) atoms. The molecule has 184 valence electrons. The lowest BCUT2D eigenvalue weighted by atomic mass is 10.1. The van der Waals surface area contributed by atoms with Crippen LogP contribution in [0.3, 0.4) is 0 Å². The maximum absolute atomic E-state index is 12.7. The number of ether oxygens (including phenoxy) is 3.